The Hall–Kier alpha value is -1.85. The third kappa shape index (κ3) is 65.0. The van der Waals surface area contributed by atoms with E-state index in [9.17, 15) is 14.4 Å². The van der Waals surface area contributed by atoms with Crippen LogP contribution >= 0.6 is 0 Å². The van der Waals surface area contributed by atoms with Crippen LogP contribution in [0, 0.1) is 0 Å². The maximum atomic E-state index is 12.9. The van der Waals surface area contributed by atoms with Gasteiger partial charge in [0.25, 0.3) is 0 Å². The summed E-state index contributed by atoms with van der Waals surface area (Å²) in [5.74, 6) is -0.839. The molecule has 0 N–H and O–H groups in total. The lowest BCUT2D eigenvalue weighted by molar-refractivity contribution is -0.167. The van der Waals surface area contributed by atoms with Gasteiger partial charge in [-0.05, 0) is 44.9 Å². The van der Waals surface area contributed by atoms with Gasteiger partial charge in [-0.3, -0.25) is 14.4 Å². The molecular weight excluding hydrogens is 961 g/mol. The second-order valence-corrected chi connectivity index (χ2v) is 24.5. The zero-order valence-corrected chi connectivity index (χ0v) is 53.2. The second kappa shape index (κ2) is 67.7. The third-order valence-electron chi connectivity index (χ3n) is 16.5. The van der Waals surface area contributed by atoms with Crippen molar-refractivity contribution < 1.29 is 28.6 Å². The molecule has 0 bridgehead atoms. The molecule has 0 aromatic rings. The molecule has 0 amide bonds. The summed E-state index contributed by atoms with van der Waals surface area (Å²) >= 11 is 0. The van der Waals surface area contributed by atoms with Crippen molar-refractivity contribution in [2.75, 3.05) is 13.2 Å². The Balaban J connectivity index is 4.07. The molecule has 1 atom stereocenters. The van der Waals surface area contributed by atoms with Crippen LogP contribution < -0.4 is 0 Å². The average Bonchev–Trinajstić information content (AvgIpc) is 3.44. The Morgan fingerprint density at radius 1 is 0.244 bits per heavy atom. The Morgan fingerprint density at radius 3 is 0.641 bits per heavy atom. The van der Waals surface area contributed by atoms with E-state index in [-0.39, 0.29) is 31.1 Å². The summed E-state index contributed by atoms with van der Waals surface area (Å²) in [6.07, 6.45) is 81.2. The molecule has 0 aromatic carbocycles. The predicted octanol–water partition coefficient (Wildman–Crippen LogP) is 24.4. The van der Waals surface area contributed by atoms with E-state index < -0.39 is 6.10 Å². The Morgan fingerprint density at radius 2 is 0.423 bits per heavy atom. The van der Waals surface area contributed by atoms with Crippen molar-refractivity contribution in [1.82, 2.24) is 0 Å². The number of rotatable bonds is 67. The second-order valence-electron chi connectivity index (χ2n) is 24.5. The normalized spacial score (nSPS) is 12.0. The Labute approximate surface area is 488 Å². The molecule has 1 unspecified atom stereocenters. The van der Waals surface area contributed by atoms with Crippen molar-refractivity contribution in [2.24, 2.45) is 0 Å². The monoisotopic (exact) mass is 1100 g/mol. The SMILES string of the molecule is CCCCCCCCC/C=C\CCCCCCCCCC(=O)OC(COC(=O)CCCCCCCCCCCCC)COC(=O)CCCCCCCCCCCCCCCCCCCCCCCCCCCCCCCCC. The highest BCUT2D eigenvalue weighted by Gasteiger charge is 2.19. The fourth-order valence-electron chi connectivity index (χ4n) is 11.2. The van der Waals surface area contributed by atoms with Gasteiger partial charge in [0.1, 0.15) is 13.2 Å². The number of carbonyl (C=O) groups excluding carboxylic acids is 3. The van der Waals surface area contributed by atoms with Crippen LogP contribution in [0.25, 0.3) is 0 Å². The summed E-state index contributed by atoms with van der Waals surface area (Å²) < 4.78 is 17.0. The van der Waals surface area contributed by atoms with Crippen LogP contribution in [0.1, 0.15) is 412 Å². The average molecular weight is 1100 g/mol. The molecule has 0 aliphatic rings. The van der Waals surface area contributed by atoms with Crippen molar-refractivity contribution in [3.63, 3.8) is 0 Å². The topological polar surface area (TPSA) is 78.9 Å². The van der Waals surface area contributed by atoms with Crippen molar-refractivity contribution >= 4 is 17.9 Å². The van der Waals surface area contributed by atoms with Gasteiger partial charge in [-0.15, -0.1) is 0 Å². The van der Waals surface area contributed by atoms with Gasteiger partial charge in [-0.1, -0.05) is 360 Å². The lowest BCUT2D eigenvalue weighted by atomic mass is 10.0. The summed E-state index contributed by atoms with van der Waals surface area (Å²) in [5, 5.41) is 0. The standard InChI is InChI=1S/C72H138O6/c1-4-7-10-13-16-19-22-24-26-28-30-31-32-33-34-35-36-37-38-39-40-41-42-44-45-47-50-53-56-59-62-65-71(74)77-68-69(67-76-70(73)64-61-58-55-52-49-21-18-15-12-9-6-3)78-72(75)66-63-60-57-54-51-48-46-43-29-27-25-23-20-17-14-11-8-5-2/h27,29,69H,4-26,28,30-68H2,1-3H3/b29-27-. The molecule has 0 aliphatic heterocycles. The fraction of sp³-hybridized carbons (Fsp3) is 0.931. The quantitative estimate of drug-likeness (QED) is 0.0261. The van der Waals surface area contributed by atoms with Gasteiger partial charge in [0.2, 0.25) is 0 Å². The van der Waals surface area contributed by atoms with Gasteiger partial charge in [0.05, 0.1) is 0 Å². The zero-order valence-electron chi connectivity index (χ0n) is 53.2. The number of allylic oxidation sites excluding steroid dienone is 2. The smallest absolute Gasteiger partial charge is 0.306 e. The van der Waals surface area contributed by atoms with E-state index in [1.807, 2.05) is 0 Å². The van der Waals surface area contributed by atoms with Gasteiger partial charge >= 0.3 is 17.9 Å². The number of hydrogen-bond donors (Lipinski definition) is 0. The molecule has 462 valence electrons. The van der Waals surface area contributed by atoms with Crippen LogP contribution in [0.2, 0.25) is 0 Å². The van der Waals surface area contributed by atoms with Crippen LogP contribution in [0.5, 0.6) is 0 Å². The predicted molar refractivity (Wildman–Crippen MR) is 340 cm³/mol. The van der Waals surface area contributed by atoms with Crippen molar-refractivity contribution in [3.05, 3.63) is 12.2 Å². The van der Waals surface area contributed by atoms with Crippen LogP contribution in [0.4, 0.5) is 0 Å². The van der Waals surface area contributed by atoms with Crippen molar-refractivity contribution in [3.8, 4) is 0 Å². The summed E-state index contributed by atoms with van der Waals surface area (Å²) in [5.41, 5.74) is 0. The molecule has 0 fully saturated rings. The highest BCUT2D eigenvalue weighted by atomic mass is 16.6. The van der Waals surface area contributed by atoms with Gasteiger partial charge < -0.3 is 14.2 Å². The summed E-state index contributed by atoms with van der Waals surface area (Å²) in [7, 11) is 0. The first kappa shape index (κ1) is 76.1. The molecule has 0 aliphatic carbocycles. The molecule has 0 aromatic heterocycles. The van der Waals surface area contributed by atoms with E-state index in [2.05, 4.69) is 32.9 Å². The highest BCUT2D eigenvalue weighted by molar-refractivity contribution is 5.71. The number of ether oxygens (including phenoxy) is 3. The van der Waals surface area contributed by atoms with E-state index in [1.165, 1.54) is 315 Å². The molecule has 0 saturated heterocycles. The van der Waals surface area contributed by atoms with E-state index in [1.54, 1.807) is 0 Å². The van der Waals surface area contributed by atoms with Gasteiger partial charge in [0, 0.05) is 19.3 Å². The number of esters is 3. The van der Waals surface area contributed by atoms with E-state index >= 15 is 0 Å². The molecule has 78 heavy (non-hydrogen) atoms. The maximum Gasteiger partial charge on any atom is 0.306 e. The fourth-order valence-corrected chi connectivity index (χ4v) is 11.2. The lowest BCUT2D eigenvalue weighted by Gasteiger charge is -2.18. The van der Waals surface area contributed by atoms with Crippen LogP contribution in [0.15, 0.2) is 12.2 Å². The highest BCUT2D eigenvalue weighted by Crippen LogP contribution is 2.19. The molecular formula is C72H138O6. The zero-order chi connectivity index (χ0) is 56.4. The molecule has 0 heterocycles. The van der Waals surface area contributed by atoms with E-state index in [0.717, 1.165) is 57.8 Å². The lowest BCUT2D eigenvalue weighted by Crippen LogP contribution is -2.30. The number of hydrogen-bond acceptors (Lipinski definition) is 6. The first-order valence-corrected chi connectivity index (χ1v) is 35.7. The number of carbonyl (C=O) groups is 3. The molecule has 0 spiro atoms. The Kier molecular flexibility index (Phi) is 66.0. The molecule has 0 radical (unpaired) electrons. The molecule has 0 rings (SSSR count). The van der Waals surface area contributed by atoms with Gasteiger partial charge in [-0.2, -0.15) is 0 Å². The van der Waals surface area contributed by atoms with Gasteiger partial charge in [0.15, 0.2) is 6.10 Å². The summed E-state index contributed by atoms with van der Waals surface area (Å²) in [6.45, 7) is 6.71. The van der Waals surface area contributed by atoms with Crippen LogP contribution in [-0.4, -0.2) is 37.2 Å². The number of unbranched alkanes of at least 4 members (excludes halogenated alkanes) is 54. The van der Waals surface area contributed by atoms with Gasteiger partial charge in [-0.25, -0.2) is 0 Å². The van der Waals surface area contributed by atoms with E-state index in [0.29, 0.717) is 19.3 Å². The van der Waals surface area contributed by atoms with Crippen LogP contribution in [0.3, 0.4) is 0 Å². The maximum absolute atomic E-state index is 12.9. The van der Waals surface area contributed by atoms with Crippen molar-refractivity contribution in [1.29, 1.82) is 0 Å². The minimum atomic E-state index is -0.768. The first-order valence-electron chi connectivity index (χ1n) is 35.7. The molecule has 6 heteroatoms. The Bertz CT molecular complexity index is 1210. The van der Waals surface area contributed by atoms with Crippen LogP contribution in [-0.2, 0) is 28.6 Å². The minimum absolute atomic E-state index is 0.0653. The summed E-state index contributed by atoms with van der Waals surface area (Å²) in [4.78, 5) is 38.3. The first-order chi connectivity index (χ1) is 38.5. The third-order valence-corrected chi connectivity index (χ3v) is 16.5. The molecule has 0 saturated carbocycles. The van der Waals surface area contributed by atoms with E-state index in [4.69, 9.17) is 14.2 Å². The minimum Gasteiger partial charge on any atom is -0.462 e. The largest absolute Gasteiger partial charge is 0.462 e. The van der Waals surface area contributed by atoms with Crippen molar-refractivity contribution in [2.45, 2.75) is 419 Å². The summed E-state index contributed by atoms with van der Waals surface area (Å²) in [6, 6.07) is 0. The molecule has 6 nitrogen and oxygen atoms in total.